The largest absolute Gasteiger partial charge is 0.342 e. The second-order valence-corrected chi connectivity index (χ2v) is 5.83. The molecule has 3 heteroatoms. The summed E-state index contributed by atoms with van der Waals surface area (Å²) in [4.78, 5) is 14.7. The van der Waals surface area contributed by atoms with Crippen molar-refractivity contribution in [2.45, 2.75) is 31.6 Å². The van der Waals surface area contributed by atoms with Crippen LogP contribution >= 0.6 is 0 Å². The number of likely N-dealkylation sites (tertiary alicyclic amines) is 1. The number of amides is 1. The van der Waals surface area contributed by atoms with Crippen LogP contribution in [0.4, 0.5) is 0 Å². The fourth-order valence-corrected chi connectivity index (χ4v) is 3.44. The predicted molar refractivity (Wildman–Crippen MR) is 75.9 cm³/mol. The molecule has 102 valence electrons. The molecule has 0 radical (unpaired) electrons. The van der Waals surface area contributed by atoms with Gasteiger partial charge in [0.1, 0.15) is 0 Å². The highest BCUT2D eigenvalue weighted by atomic mass is 16.2. The lowest BCUT2D eigenvalue weighted by molar-refractivity contribution is -0.135. The van der Waals surface area contributed by atoms with Gasteiger partial charge >= 0.3 is 0 Å². The van der Waals surface area contributed by atoms with E-state index in [0.29, 0.717) is 11.8 Å². The van der Waals surface area contributed by atoms with Crippen molar-refractivity contribution in [3.8, 4) is 0 Å². The fourth-order valence-electron chi connectivity index (χ4n) is 3.44. The molecule has 19 heavy (non-hydrogen) atoms. The summed E-state index contributed by atoms with van der Waals surface area (Å²) < 4.78 is 0. The van der Waals surface area contributed by atoms with Gasteiger partial charge in [0.2, 0.25) is 5.91 Å². The molecule has 1 aliphatic carbocycles. The highest BCUT2D eigenvalue weighted by Crippen LogP contribution is 2.37. The zero-order chi connectivity index (χ0) is 13.2. The van der Waals surface area contributed by atoms with Crippen molar-refractivity contribution in [3.63, 3.8) is 0 Å². The first-order valence-electron chi connectivity index (χ1n) is 7.36. The van der Waals surface area contributed by atoms with Crippen molar-refractivity contribution >= 4 is 5.91 Å². The van der Waals surface area contributed by atoms with Crippen LogP contribution in [0.2, 0.25) is 0 Å². The van der Waals surface area contributed by atoms with Gasteiger partial charge in [0, 0.05) is 13.1 Å². The first kappa shape index (κ1) is 12.7. The summed E-state index contributed by atoms with van der Waals surface area (Å²) in [6.45, 7) is 2.58. The number of piperidine rings is 1. The molecule has 0 aromatic heterocycles. The Labute approximate surface area is 114 Å². The molecule has 2 unspecified atom stereocenters. The van der Waals surface area contributed by atoms with Gasteiger partial charge in [-0.25, -0.2) is 0 Å². The minimum atomic E-state index is 0.118. The lowest BCUT2D eigenvalue weighted by atomic mass is 9.76. The molecule has 0 bridgehead atoms. The Hall–Kier alpha value is -1.35. The van der Waals surface area contributed by atoms with Gasteiger partial charge in [-0.05, 0) is 49.3 Å². The molecule has 0 spiro atoms. The SMILES string of the molecule is NCCC1CCCN(C(=O)C2Cc3ccccc32)C1. The molecule has 3 nitrogen and oxygen atoms in total. The van der Waals surface area contributed by atoms with Gasteiger partial charge in [0.05, 0.1) is 5.92 Å². The minimum absolute atomic E-state index is 0.118. The zero-order valence-electron chi connectivity index (χ0n) is 11.3. The average Bonchev–Trinajstić information content (AvgIpc) is 2.41. The second-order valence-electron chi connectivity index (χ2n) is 5.83. The van der Waals surface area contributed by atoms with Crippen LogP contribution in [-0.2, 0) is 11.2 Å². The number of hydrogen-bond acceptors (Lipinski definition) is 2. The van der Waals surface area contributed by atoms with E-state index in [2.05, 4.69) is 23.1 Å². The lowest BCUT2D eigenvalue weighted by Gasteiger charge is -2.38. The highest BCUT2D eigenvalue weighted by Gasteiger charge is 2.36. The topological polar surface area (TPSA) is 46.3 Å². The molecule has 2 aliphatic rings. The number of hydrogen-bond donors (Lipinski definition) is 1. The molecule has 2 N–H and O–H groups in total. The van der Waals surface area contributed by atoms with Gasteiger partial charge in [0.25, 0.3) is 0 Å². The van der Waals surface area contributed by atoms with Crippen LogP contribution in [-0.4, -0.2) is 30.4 Å². The van der Waals surface area contributed by atoms with E-state index in [1.54, 1.807) is 0 Å². The van der Waals surface area contributed by atoms with Crippen molar-refractivity contribution in [1.29, 1.82) is 0 Å². The number of nitrogens with zero attached hydrogens (tertiary/aromatic N) is 1. The van der Waals surface area contributed by atoms with E-state index < -0.39 is 0 Å². The summed E-state index contributed by atoms with van der Waals surface area (Å²) in [6.07, 6.45) is 4.32. The van der Waals surface area contributed by atoms with Crippen molar-refractivity contribution in [2.75, 3.05) is 19.6 Å². The molecule has 1 aromatic rings. The molecule has 1 heterocycles. The Kier molecular flexibility index (Phi) is 3.56. The van der Waals surface area contributed by atoms with Gasteiger partial charge < -0.3 is 10.6 Å². The van der Waals surface area contributed by atoms with Crippen LogP contribution in [0.25, 0.3) is 0 Å². The fraction of sp³-hybridized carbons (Fsp3) is 0.562. The Morgan fingerprint density at radius 2 is 2.21 bits per heavy atom. The minimum Gasteiger partial charge on any atom is -0.342 e. The average molecular weight is 258 g/mol. The van der Waals surface area contributed by atoms with E-state index in [9.17, 15) is 4.79 Å². The molecule has 1 aliphatic heterocycles. The third kappa shape index (κ3) is 2.39. The molecule has 2 atom stereocenters. The van der Waals surface area contributed by atoms with Crippen LogP contribution in [0.3, 0.4) is 0 Å². The molecule has 3 rings (SSSR count). The van der Waals surface area contributed by atoms with Crippen molar-refractivity contribution < 1.29 is 4.79 Å². The summed E-state index contributed by atoms with van der Waals surface area (Å²) in [6, 6.07) is 8.32. The first-order valence-corrected chi connectivity index (χ1v) is 7.36. The van der Waals surface area contributed by atoms with Crippen molar-refractivity contribution in [2.24, 2.45) is 11.7 Å². The first-order chi connectivity index (χ1) is 9.29. The van der Waals surface area contributed by atoms with Gasteiger partial charge in [-0.2, -0.15) is 0 Å². The maximum absolute atomic E-state index is 12.6. The number of carbonyl (C=O) groups is 1. The molecular weight excluding hydrogens is 236 g/mol. The third-order valence-corrected chi connectivity index (χ3v) is 4.56. The number of benzene rings is 1. The Morgan fingerprint density at radius 1 is 1.37 bits per heavy atom. The van der Waals surface area contributed by atoms with E-state index in [1.165, 1.54) is 17.5 Å². The van der Waals surface area contributed by atoms with Crippen molar-refractivity contribution in [1.82, 2.24) is 4.90 Å². The van der Waals surface area contributed by atoms with Gasteiger partial charge in [-0.3, -0.25) is 4.79 Å². The molecule has 1 saturated heterocycles. The molecule has 1 fully saturated rings. The summed E-state index contributed by atoms with van der Waals surface area (Å²) in [5.74, 6) is 1.06. The maximum atomic E-state index is 12.6. The Balaban J connectivity index is 1.65. The number of fused-ring (bicyclic) bond motifs is 1. The van der Waals surface area contributed by atoms with Gasteiger partial charge in [-0.15, -0.1) is 0 Å². The summed E-state index contributed by atoms with van der Waals surface area (Å²) in [7, 11) is 0. The number of rotatable bonds is 3. The number of nitrogens with two attached hydrogens (primary N) is 1. The molecular formula is C16H22N2O. The lowest BCUT2D eigenvalue weighted by Crippen LogP contribution is -2.45. The second kappa shape index (κ2) is 5.33. The smallest absolute Gasteiger partial charge is 0.230 e. The molecule has 1 aromatic carbocycles. The quantitative estimate of drug-likeness (QED) is 0.900. The Bertz CT molecular complexity index is 470. The van der Waals surface area contributed by atoms with Crippen molar-refractivity contribution in [3.05, 3.63) is 35.4 Å². The van der Waals surface area contributed by atoms with E-state index >= 15 is 0 Å². The van der Waals surface area contributed by atoms with Crippen LogP contribution in [0.5, 0.6) is 0 Å². The zero-order valence-corrected chi connectivity index (χ0v) is 11.3. The van der Waals surface area contributed by atoms with Gasteiger partial charge in [0.15, 0.2) is 0 Å². The van der Waals surface area contributed by atoms with E-state index in [-0.39, 0.29) is 5.92 Å². The summed E-state index contributed by atoms with van der Waals surface area (Å²) in [5.41, 5.74) is 8.23. The van der Waals surface area contributed by atoms with Crippen LogP contribution in [0.1, 0.15) is 36.3 Å². The maximum Gasteiger partial charge on any atom is 0.230 e. The summed E-state index contributed by atoms with van der Waals surface area (Å²) >= 11 is 0. The molecule has 1 amide bonds. The predicted octanol–water partition coefficient (Wildman–Crippen LogP) is 1.91. The summed E-state index contributed by atoms with van der Waals surface area (Å²) in [5, 5.41) is 0. The van der Waals surface area contributed by atoms with Crippen LogP contribution in [0.15, 0.2) is 24.3 Å². The van der Waals surface area contributed by atoms with Crippen LogP contribution in [0, 0.1) is 5.92 Å². The van der Waals surface area contributed by atoms with Gasteiger partial charge in [-0.1, -0.05) is 24.3 Å². The molecule has 0 saturated carbocycles. The van der Waals surface area contributed by atoms with Crippen LogP contribution < -0.4 is 5.73 Å². The monoisotopic (exact) mass is 258 g/mol. The third-order valence-electron chi connectivity index (χ3n) is 4.56. The standard InChI is InChI=1S/C16H22N2O/c17-8-7-12-4-3-9-18(11-12)16(19)15-10-13-5-1-2-6-14(13)15/h1-2,5-6,12,15H,3-4,7-11,17H2. The van der Waals surface area contributed by atoms with E-state index in [4.69, 9.17) is 5.73 Å². The number of carbonyl (C=O) groups excluding carboxylic acids is 1. The van der Waals surface area contributed by atoms with E-state index in [1.807, 2.05) is 6.07 Å². The highest BCUT2D eigenvalue weighted by molar-refractivity contribution is 5.87. The Morgan fingerprint density at radius 3 is 3.00 bits per heavy atom. The normalized spacial score (nSPS) is 25.6. The van der Waals surface area contributed by atoms with E-state index in [0.717, 1.165) is 38.9 Å².